The molecule has 3 N–H and O–H groups in total. The first kappa shape index (κ1) is 14.3. The number of methoxy groups -OCH3 is 1. The van der Waals surface area contributed by atoms with Gasteiger partial charge in [-0.3, -0.25) is 4.79 Å². The molecule has 1 aromatic heterocycles. The lowest BCUT2D eigenvalue weighted by molar-refractivity contribution is 0.139. The van der Waals surface area contributed by atoms with E-state index in [4.69, 9.17) is 9.84 Å². The summed E-state index contributed by atoms with van der Waals surface area (Å²) in [5, 5.41) is 8.97. The van der Waals surface area contributed by atoms with Gasteiger partial charge >= 0.3 is 4.87 Å². The summed E-state index contributed by atoms with van der Waals surface area (Å²) >= 11 is 0.608. The summed E-state index contributed by atoms with van der Waals surface area (Å²) in [7, 11) is -2.41. The molecule has 0 aromatic carbocycles. The zero-order valence-corrected chi connectivity index (χ0v) is 11.0. The number of aryl methyl sites for hydroxylation is 1. The van der Waals surface area contributed by atoms with E-state index in [1.807, 2.05) is 0 Å². The Kier molecular flexibility index (Phi) is 4.83. The Hall–Kier alpha value is -0.740. The second kappa shape index (κ2) is 5.74. The number of ether oxygens (including phenoxy) is 1. The average molecular weight is 282 g/mol. The number of thiazole rings is 1. The zero-order chi connectivity index (χ0) is 13.1. The molecule has 0 saturated heterocycles. The van der Waals surface area contributed by atoms with Crippen LogP contribution in [0.2, 0.25) is 0 Å². The van der Waals surface area contributed by atoms with Gasteiger partial charge in [0.05, 0.1) is 19.3 Å². The topological polar surface area (TPSA) is 108 Å². The molecular formula is C8H14N2O5S2. The number of aromatic nitrogens is 1. The molecule has 1 unspecified atom stereocenters. The molecule has 1 rings (SSSR count). The van der Waals surface area contributed by atoms with Gasteiger partial charge in [0.1, 0.15) is 0 Å². The van der Waals surface area contributed by atoms with Crippen molar-refractivity contribution >= 4 is 21.4 Å². The lowest BCUT2D eigenvalue weighted by Gasteiger charge is -2.14. The number of H-pyrrole nitrogens is 1. The summed E-state index contributed by atoms with van der Waals surface area (Å²) in [4.78, 5) is 13.0. The van der Waals surface area contributed by atoms with E-state index < -0.39 is 20.9 Å². The molecule has 0 bridgehead atoms. The number of aromatic amines is 1. The molecule has 1 atom stereocenters. The predicted octanol–water partition coefficient (Wildman–Crippen LogP) is -0.970. The van der Waals surface area contributed by atoms with Crippen LogP contribution in [0.5, 0.6) is 0 Å². The molecule has 0 aliphatic carbocycles. The van der Waals surface area contributed by atoms with Crippen LogP contribution in [0.25, 0.3) is 0 Å². The van der Waals surface area contributed by atoms with Crippen molar-refractivity contribution < 1.29 is 18.3 Å². The Balaban J connectivity index is 2.96. The van der Waals surface area contributed by atoms with Crippen LogP contribution in [0.4, 0.5) is 0 Å². The highest BCUT2D eigenvalue weighted by Gasteiger charge is 2.24. The second-order valence-corrected chi connectivity index (χ2v) is 6.28. The third-order valence-electron chi connectivity index (χ3n) is 1.94. The number of sulfonamides is 1. The minimum Gasteiger partial charge on any atom is -0.395 e. The smallest absolute Gasteiger partial charge is 0.305 e. The van der Waals surface area contributed by atoms with Crippen LogP contribution in [0.1, 0.15) is 5.69 Å². The number of hydrogen-bond acceptors (Lipinski definition) is 6. The molecule has 0 spiro atoms. The SMILES string of the molecule is COCC(CO)NS(=O)(=O)c1sc(=O)[nH]c1C. The van der Waals surface area contributed by atoms with Crippen LogP contribution in [-0.4, -0.2) is 44.9 Å². The quantitative estimate of drug-likeness (QED) is 0.622. The number of rotatable bonds is 6. The Morgan fingerprint density at radius 2 is 2.24 bits per heavy atom. The van der Waals surface area contributed by atoms with Gasteiger partial charge in [0.15, 0.2) is 4.21 Å². The molecule has 7 nitrogen and oxygen atoms in total. The maximum atomic E-state index is 11.9. The second-order valence-electron chi connectivity index (χ2n) is 3.38. The molecule has 0 aliphatic heterocycles. The third-order valence-corrected chi connectivity index (χ3v) is 5.06. The van der Waals surface area contributed by atoms with Gasteiger partial charge in [-0.15, -0.1) is 0 Å². The van der Waals surface area contributed by atoms with Crippen molar-refractivity contribution in [1.82, 2.24) is 9.71 Å². The Bertz CT molecular complexity index is 518. The van der Waals surface area contributed by atoms with E-state index in [2.05, 4.69) is 9.71 Å². The summed E-state index contributed by atoms with van der Waals surface area (Å²) in [6, 6.07) is -0.735. The number of aliphatic hydroxyl groups excluding tert-OH is 1. The van der Waals surface area contributed by atoms with E-state index in [-0.39, 0.29) is 23.1 Å². The molecule has 1 aromatic rings. The lowest BCUT2D eigenvalue weighted by atomic mass is 10.4. The maximum absolute atomic E-state index is 11.9. The predicted molar refractivity (Wildman–Crippen MR) is 62.7 cm³/mol. The summed E-state index contributed by atoms with van der Waals surface area (Å²) < 4.78 is 30.7. The fourth-order valence-corrected chi connectivity index (χ4v) is 3.77. The largest absolute Gasteiger partial charge is 0.395 e. The molecule has 0 saturated carbocycles. The van der Waals surface area contributed by atoms with Gasteiger partial charge < -0.3 is 14.8 Å². The van der Waals surface area contributed by atoms with Crippen molar-refractivity contribution in [2.45, 2.75) is 17.2 Å². The normalized spacial score (nSPS) is 13.8. The van der Waals surface area contributed by atoms with Gasteiger partial charge in [0.2, 0.25) is 0 Å². The average Bonchev–Trinajstić information content (AvgIpc) is 2.57. The van der Waals surface area contributed by atoms with Crippen LogP contribution >= 0.6 is 11.3 Å². The fraction of sp³-hybridized carbons (Fsp3) is 0.625. The van der Waals surface area contributed by atoms with Crippen molar-refractivity contribution in [2.24, 2.45) is 0 Å². The van der Waals surface area contributed by atoms with Gasteiger partial charge in [-0.2, -0.15) is 0 Å². The monoisotopic (exact) mass is 282 g/mol. The van der Waals surface area contributed by atoms with E-state index in [0.717, 1.165) is 0 Å². The van der Waals surface area contributed by atoms with Crippen LogP contribution in [0, 0.1) is 6.92 Å². The van der Waals surface area contributed by atoms with E-state index >= 15 is 0 Å². The molecular weight excluding hydrogens is 268 g/mol. The highest BCUT2D eigenvalue weighted by molar-refractivity contribution is 7.91. The van der Waals surface area contributed by atoms with Gasteiger partial charge in [-0.1, -0.05) is 11.3 Å². The molecule has 0 fully saturated rings. The van der Waals surface area contributed by atoms with Gasteiger partial charge in [-0.05, 0) is 6.92 Å². The van der Waals surface area contributed by atoms with Crippen molar-refractivity contribution in [1.29, 1.82) is 0 Å². The zero-order valence-electron chi connectivity index (χ0n) is 9.39. The summed E-state index contributed by atoms with van der Waals surface area (Å²) in [5.74, 6) is 0. The highest BCUT2D eigenvalue weighted by atomic mass is 32.2. The minimum atomic E-state index is -3.81. The van der Waals surface area contributed by atoms with Crippen LogP contribution in [0.3, 0.4) is 0 Å². The Morgan fingerprint density at radius 3 is 2.65 bits per heavy atom. The number of aliphatic hydroxyl groups is 1. The standard InChI is InChI=1S/C8H14N2O5S2/c1-5-7(16-8(12)9-5)17(13,14)10-6(3-11)4-15-2/h6,10-11H,3-4H2,1-2H3,(H,9,12). The Morgan fingerprint density at radius 1 is 1.59 bits per heavy atom. The first-order chi connectivity index (χ1) is 7.90. The van der Waals surface area contributed by atoms with Gasteiger partial charge in [0, 0.05) is 12.8 Å². The Labute approximate surface area is 102 Å². The van der Waals surface area contributed by atoms with E-state index in [9.17, 15) is 13.2 Å². The highest BCUT2D eigenvalue weighted by Crippen LogP contribution is 2.15. The van der Waals surface area contributed by atoms with E-state index in [1.54, 1.807) is 0 Å². The molecule has 0 aliphatic rings. The lowest BCUT2D eigenvalue weighted by Crippen LogP contribution is -2.40. The fourth-order valence-electron chi connectivity index (χ4n) is 1.24. The molecule has 0 radical (unpaired) electrons. The minimum absolute atomic E-state index is 0.0497. The van der Waals surface area contributed by atoms with E-state index in [1.165, 1.54) is 14.0 Å². The van der Waals surface area contributed by atoms with Gasteiger partial charge in [-0.25, -0.2) is 13.1 Å². The van der Waals surface area contributed by atoms with Crippen LogP contribution in [-0.2, 0) is 14.8 Å². The summed E-state index contributed by atoms with van der Waals surface area (Å²) in [6.07, 6.45) is 0. The van der Waals surface area contributed by atoms with E-state index in [0.29, 0.717) is 11.3 Å². The number of nitrogens with one attached hydrogen (secondary N) is 2. The molecule has 17 heavy (non-hydrogen) atoms. The number of hydrogen-bond donors (Lipinski definition) is 3. The first-order valence-electron chi connectivity index (χ1n) is 4.72. The van der Waals surface area contributed by atoms with Gasteiger partial charge in [0.25, 0.3) is 10.0 Å². The summed E-state index contributed by atoms with van der Waals surface area (Å²) in [6.45, 7) is 1.16. The van der Waals surface area contributed by atoms with Crippen molar-refractivity contribution in [3.63, 3.8) is 0 Å². The maximum Gasteiger partial charge on any atom is 0.305 e. The van der Waals surface area contributed by atoms with Crippen molar-refractivity contribution in [2.75, 3.05) is 20.3 Å². The van der Waals surface area contributed by atoms with Crippen molar-refractivity contribution in [3.05, 3.63) is 15.4 Å². The molecule has 9 heteroatoms. The first-order valence-corrected chi connectivity index (χ1v) is 7.02. The molecule has 98 valence electrons. The van der Waals surface area contributed by atoms with Crippen molar-refractivity contribution in [3.8, 4) is 0 Å². The molecule has 1 heterocycles. The third kappa shape index (κ3) is 3.61. The van der Waals surface area contributed by atoms with Crippen LogP contribution in [0.15, 0.2) is 9.00 Å². The molecule has 0 amide bonds. The van der Waals surface area contributed by atoms with Crippen LogP contribution < -0.4 is 9.60 Å². The summed E-state index contributed by atoms with van der Waals surface area (Å²) in [5.41, 5.74) is 0.279.